The van der Waals surface area contributed by atoms with E-state index in [1.165, 1.54) is 23.8 Å². The molecule has 1 aliphatic heterocycles. The van der Waals surface area contributed by atoms with Crippen LogP contribution in [0.4, 0.5) is 5.82 Å². The third kappa shape index (κ3) is 2.78. The predicted octanol–water partition coefficient (Wildman–Crippen LogP) is 4.01. The second-order valence-electron chi connectivity index (χ2n) is 8.76. The quantitative estimate of drug-likeness (QED) is 0.458. The Kier molecular flexibility index (Phi) is 3.93. The number of fused-ring (bicyclic) bond motifs is 4. The second kappa shape index (κ2) is 6.97. The van der Waals surface area contributed by atoms with Gasteiger partial charge >= 0.3 is 0 Å². The molecule has 1 aliphatic carbocycles. The number of pyridine rings is 2. The number of hydrogen-bond donors (Lipinski definition) is 2. The van der Waals surface area contributed by atoms with Crippen LogP contribution in [-0.4, -0.2) is 51.1 Å². The van der Waals surface area contributed by atoms with Gasteiger partial charge in [0, 0.05) is 65.8 Å². The summed E-state index contributed by atoms with van der Waals surface area (Å²) in [6.07, 6.45) is 8.21. The maximum Gasteiger partial charge on any atom is 0.163 e. The van der Waals surface area contributed by atoms with Crippen molar-refractivity contribution in [2.75, 3.05) is 31.1 Å². The Hall–Kier alpha value is -3.58. The van der Waals surface area contributed by atoms with Gasteiger partial charge in [0.15, 0.2) is 5.82 Å². The van der Waals surface area contributed by atoms with Gasteiger partial charge in [0.05, 0.1) is 11.7 Å². The first-order valence-electron chi connectivity index (χ1n) is 11.3. The predicted molar refractivity (Wildman–Crippen MR) is 127 cm³/mol. The molecule has 1 saturated carbocycles. The minimum absolute atomic E-state index is 0.587. The van der Waals surface area contributed by atoms with Gasteiger partial charge in [0.1, 0.15) is 11.5 Å². The molecule has 0 atom stereocenters. The van der Waals surface area contributed by atoms with Crippen LogP contribution in [0, 0.1) is 0 Å². The summed E-state index contributed by atoms with van der Waals surface area (Å²) in [5.74, 6) is 2.36. The highest BCUT2D eigenvalue weighted by atomic mass is 15.2. The molecule has 0 radical (unpaired) electrons. The maximum atomic E-state index is 5.22. The van der Waals surface area contributed by atoms with Crippen molar-refractivity contribution in [3.63, 3.8) is 0 Å². The van der Waals surface area contributed by atoms with Crippen molar-refractivity contribution in [1.82, 2.24) is 30.2 Å². The summed E-state index contributed by atoms with van der Waals surface area (Å²) in [5, 5.41) is 6.85. The molecule has 4 aromatic heterocycles. The molecule has 2 N–H and O–H groups in total. The molecule has 2 fully saturated rings. The summed E-state index contributed by atoms with van der Waals surface area (Å²) in [4.78, 5) is 25.3. The largest absolute Gasteiger partial charge is 0.353 e. The fourth-order valence-electron chi connectivity index (χ4n) is 4.97. The van der Waals surface area contributed by atoms with Crippen molar-refractivity contribution in [1.29, 1.82) is 0 Å². The highest BCUT2D eigenvalue weighted by Gasteiger charge is 2.29. The number of aromatic nitrogens is 5. The van der Waals surface area contributed by atoms with Crippen LogP contribution in [-0.2, 0) is 0 Å². The normalized spacial score (nSPS) is 16.9. The molecule has 7 heteroatoms. The summed E-state index contributed by atoms with van der Waals surface area (Å²) < 4.78 is 0. The van der Waals surface area contributed by atoms with Gasteiger partial charge in [-0.3, -0.25) is 4.98 Å². The summed E-state index contributed by atoms with van der Waals surface area (Å²) in [7, 11) is 0. The number of nitrogens with zero attached hydrogens (tertiary/aromatic N) is 5. The molecule has 5 aromatic rings. The van der Waals surface area contributed by atoms with Gasteiger partial charge in [0.2, 0.25) is 0 Å². The molecule has 7 nitrogen and oxygen atoms in total. The Labute approximate surface area is 184 Å². The number of aromatic amines is 1. The van der Waals surface area contributed by atoms with Crippen molar-refractivity contribution in [3.05, 3.63) is 54.5 Å². The minimum atomic E-state index is 0.587. The second-order valence-corrected chi connectivity index (χ2v) is 8.76. The van der Waals surface area contributed by atoms with Gasteiger partial charge in [-0.05, 0) is 36.5 Å². The lowest BCUT2D eigenvalue weighted by Gasteiger charge is -2.30. The zero-order valence-electron chi connectivity index (χ0n) is 17.7. The number of H-pyrrole nitrogens is 1. The molecule has 1 aromatic carbocycles. The number of rotatable bonds is 3. The van der Waals surface area contributed by atoms with E-state index in [1.807, 2.05) is 30.7 Å². The lowest BCUT2D eigenvalue weighted by Crippen LogP contribution is -2.44. The zero-order chi connectivity index (χ0) is 21.1. The van der Waals surface area contributed by atoms with Gasteiger partial charge < -0.3 is 15.2 Å². The molecule has 2 aliphatic rings. The molecule has 0 bridgehead atoms. The van der Waals surface area contributed by atoms with Gasteiger partial charge in [-0.1, -0.05) is 18.2 Å². The van der Waals surface area contributed by atoms with E-state index in [0.29, 0.717) is 5.92 Å². The molecule has 0 unspecified atom stereocenters. The summed E-state index contributed by atoms with van der Waals surface area (Å²) in [6.45, 7) is 3.81. The third-order valence-corrected chi connectivity index (χ3v) is 6.69. The standard InChI is InChI=1S/C25H23N7/c1-2-4-19-16(3-1)21-17(7-8-28-24(21)29-19)23-30-20-14-27-13-18(15-5-6-15)22(20)25(31-23)32-11-9-26-10-12-32/h1-4,7-8,13-15,26H,5-6,9-12H2,(H,28,29). The number of anilines is 1. The van der Waals surface area contributed by atoms with Crippen LogP contribution in [0.3, 0.4) is 0 Å². The van der Waals surface area contributed by atoms with E-state index in [9.17, 15) is 0 Å². The first kappa shape index (κ1) is 18.0. The van der Waals surface area contributed by atoms with Crippen molar-refractivity contribution >= 4 is 38.7 Å². The zero-order valence-corrected chi connectivity index (χ0v) is 17.7. The summed E-state index contributed by atoms with van der Waals surface area (Å²) in [5.41, 5.74) is 5.17. The van der Waals surface area contributed by atoms with E-state index < -0.39 is 0 Å². The molecule has 32 heavy (non-hydrogen) atoms. The Morgan fingerprint density at radius 1 is 0.938 bits per heavy atom. The Bertz CT molecular complexity index is 1480. The fraction of sp³-hybridized carbons (Fsp3) is 0.280. The van der Waals surface area contributed by atoms with E-state index in [-0.39, 0.29) is 0 Å². The third-order valence-electron chi connectivity index (χ3n) is 6.69. The molecular formula is C25H23N7. The molecular weight excluding hydrogens is 398 g/mol. The van der Waals surface area contributed by atoms with Crippen LogP contribution in [0.25, 0.3) is 44.2 Å². The molecule has 5 heterocycles. The monoisotopic (exact) mass is 421 g/mol. The molecule has 0 amide bonds. The Morgan fingerprint density at radius 3 is 2.69 bits per heavy atom. The van der Waals surface area contributed by atoms with E-state index in [2.05, 4.69) is 43.4 Å². The number of nitrogens with one attached hydrogen (secondary N) is 2. The maximum absolute atomic E-state index is 5.22. The van der Waals surface area contributed by atoms with E-state index in [4.69, 9.17) is 9.97 Å². The molecule has 158 valence electrons. The number of benzene rings is 1. The van der Waals surface area contributed by atoms with Gasteiger partial charge in [-0.15, -0.1) is 0 Å². The highest BCUT2D eigenvalue weighted by molar-refractivity contribution is 6.12. The van der Waals surface area contributed by atoms with Crippen molar-refractivity contribution in [2.45, 2.75) is 18.8 Å². The lowest BCUT2D eigenvalue weighted by molar-refractivity contribution is 0.586. The number of hydrogen-bond acceptors (Lipinski definition) is 6. The van der Waals surface area contributed by atoms with Crippen LogP contribution >= 0.6 is 0 Å². The van der Waals surface area contributed by atoms with Crippen molar-refractivity contribution in [3.8, 4) is 11.4 Å². The van der Waals surface area contributed by atoms with Crippen molar-refractivity contribution < 1.29 is 0 Å². The van der Waals surface area contributed by atoms with Crippen LogP contribution in [0.15, 0.2) is 48.9 Å². The highest BCUT2D eigenvalue weighted by Crippen LogP contribution is 2.45. The van der Waals surface area contributed by atoms with E-state index in [0.717, 1.165) is 70.8 Å². The molecule has 7 rings (SSSR count). The van der Waals surface area contributed by atoms with Crippen LogP contribution in [0.1, 0.15) is 24.3 Å². The minimum Gasteiger partial charge on any atom is -0.353 e. The summed E-state index contributed by atoms with van der Waals surface area (Å²) >= 11 is 0. The number of para-hydroxylation sites is 1. The topological polar surface area (TPSA) is 82.6 Å². The van der Waals surface area contributed by atoms with Gasteiger partial charge in [0.25, 0.3) is 0 Å². The average Bonchev–Trinajstić information content (AvgIpc) is 3.63. The number of piperazine rings is 1. The van der Waals surface area contributed by atoms with Crippen LogP contribution < -0.4 is 10.2 Å². The Morgan fingerprint density at radius 2 is 1.81 bits per heavy atom. The lowest BCUT2D eigenvalue weighted by atomic mass is 10.1. The first-order chi connectivity index (χ1) is 15.9. The fourth-order valence-corrected chi connectivity index (χ4v) is 4.97. The first-order valence-corrected chi connectivity index (χ1v) is 11.3. The van der Waals surface area contributed by atoms with Gasteiger partial charge in [-0.25, -0.2) is 15.0 Å². The average molecular weight is 422 g/mol. The van der Waals surface area contributed by atoms with Crippen LogP contribution in [0.2, 0.25) is 0 Å². The van der Waals surface area contributed by atoms with E-state index in [1.54, 1.807) is 0 Å². The van der Waals surface area contributed by atoms with Crippen LogP contribution in [0.5, 0.6) is 0 Å². The SMILES string of the molecule is c1ccc2c(c1)[nH]c1nccc(-c3nc(N4CCNCC4)c4c(C5CC5)cncc4n3)c12. The smallest absolute Gasteiger partial charge is 0.163 e. The van der Waals surface area contributed by atoms with Gasteiger partial charge in [-0.2, -0.15) is 0 Å². The van der Waals surface area contributed by atoms with Crippen molar-refractivity contribution in [2.24, 2.45) is 0 Å². The molecule has 0 spiro atoms. The van der Waals surface area contributed by atoms with E-state index >= 15 is 0 Å². The summed E-state index contributed by atoms with van der Waals surface area (Å²) in [6, 6.07) is 10.3. The molecule has 1 saturated heterocycles. The Balaban J connectivity index is 1.52.